The molecule has 7 heteroatoms. The fraction of sp³-hybridized carbons (Fsp3) is 0.286. The first kappa shape index (κ1) is 18.2. The van der Waals surface area contributed by atoms with Crippen molar-refractivity contribution in [1.29, 1.82) is 0 Å². The molecule has 144 valence electrons. The van der Waals surface area contributed by atoms with E-state index in [9.17, 15) is 9.18 Å². The summed E-state index contributed by atoms with van der Waals surface area (Å²) in [4.78, 5) is 26.8. The van der Waals surface area contributed by atoms with Gasteiger partial charge in [-0.2, -0.15) is 0 Å². The van der Waals surface area contributed by atoms with Crippen molar-refractivity contribution in [2.45, 2.75) is 25.7 Å². The van der Waals surface area contributed by atoms with Gasteiger partial charge in [0.15, 0.2) is 5.82 Å². The third-order valence-corrected chi connectivity index (χ3v) is 5.19. The highest BCUT2D eigenvalue weighted by Gasteiger charge is 2.25. The van der Waals surface area contributed by atoms with Gasteiger partial charge >= 0.3 is 0 Å². The van der Waals surface area contributed by atoms with E-state index in [2.05, 4.69) is 32.1 Å². The van der Waals surface area contributed by atoms with Gasteiger partial charge in [-0.05, 0) is 56.2 Å². The van der Waals surface area contributed by atoms with Crippen molar-refractivity contribution in [1.82, 2.24) is 15.0 Å². The number of anilines is 2. The molecule has 1 saturated heterocycles. The molecule has 0 spiro atoms. The topological polar surface area (TPSA) is 73.9 Å². The van der Waals surface area contributed by atoms with Crippen LogP contribution in [0.2, 0.25) is 0 Å². The zero-order chi connectivity index (χ0) is 19.5. The van der Waals surface area contributed by atoms with Crippen LogP contribution in [0.5, 0.6) is 0 Å². The van der Waals surface area contributed by atoms with Crippen molar-refractivity contribution in [3.63, 3.8) is 0 Å². The third-order valence-electron chi connectivity index (χ3n) is 5.19. The Hall–Kier alpha value is -3.22. The van der Waals surface area contributed by atoms with E-state index in [1.807, 2.05) is 6.07 Å². The Kier molecular flexibility index (Phi) is 5.06. The molecule has 1 aliphatic heterocycles. The summed E-state index contributed by atoms with van der Waals surface area (Å²) in [7, 11) is 0. The predicted molar refractivity (Wildman–Crippen MR) is 106 cm³/mol. The molecule has 1 aromatic carbocycles. The molecular weight excluding hydrogens is 357 g/mol. The Bertz CT molecular complexity index is 961. The van der Waals surface area contributed by atoms with Crippen LogP contribution in [0.4, 0.5) is 15.9 Å². The van der Waals surface area contributed by atoms with Gasteiger partial charge in [0.1, 0.15) is 5.82 Å². The van der Waals surface area contributed by atoms with Gasteiger partial charge in [-0.1, -0.05) is 0 Å². The van der Waals surface area contributed by atoms with E-state index >= 15 is 0 Å². The minimum absolute atomic E-state index is 0.281. The maximum atomic E-state index is 13.1. The van der Waals surface area contributed by atoms with Gasteiger partial charge < -0.3 is 15.2 Å². The van der Waals surface area contributed by atoms with E-state index in [0.29, 0.717) is 17.2 Å². The minimum atomic E-state index is -0.367. The van der Waals surface area contributed by atoms with Crippen LogP contribution in [0.15, 0.2) is 48.9 Å². The highest BCUT2D eigenvalue weighted by molar-refractivity contribution is 6.05. The summed E-state index contributed by atoms with van der Waals surface area (Å²) in [5.74, 6) is 0.545. The van der Waals surface area contributed by atoms with Crippen molar-refractivity contribution in [2.24, 2.45) is 0 Å². The molecule has 0 aliphatic carbocycles. The van der Waals surface area contributed by atoms with Gasteiger partial charge in [-0.15, -0.1) is 0 Å². The number of nitrogens with one attached hydrogen (secondary N) is 2. The number of piperidine rings is 1. The van der Waals surface area contributed by atoms with E-state index in [1.165, 1.54) is 24.3 Å². The smallest absolute Gasteiger partial charge is 0.255 e. The van der Waals surface area contributed by atoms with Crippen molar-refractivity contribution in [2.75, 3.05) is 23.3 Å². The van der Waals surface area contributed by atoms with Crippen LogP contribution in [0.25, 0.3) is 0 Å². The molecule has 0 saturated carbocycles. The average molecular weight is 379 g/mol. The number of hydrogen-bond acceptors (Lipinski definition) is 4. The zero-order valence-electron chi connectivity index (χ0n) is 15.7. The zero-order valence-corrected chi connectivity index (χ0v) is 15.7. The van der Waals surface area contributed by atoms with Crippen LogP contribution in [-0.2, 0) is 0 Å². The number of nitrogens with zero attached hydrogens (tertiary/aromatic N) is 3. The number of aromatic nitrogens is 3. The first-order chi connectivity index (χ1) is 13.6. The van der Waals surface area contributed by atoms with Crippen LogP contribution in [0, 0.1) is 12.7 Å². The highest BCUT2D eigenvalue weighted by atomic mass is 19.1. The number of carbonyl (C=O) groups excluding carboxylic acids is 1. The second-order valence-corrected chi connectivity index (χ2v) is 7.01. The summed E-state index contributed by atoms with van der Waals surface area (Å²) in [5, 5.41) is 2.91. The van der Waals surface area contributed by atoms with Crippen LogP contribution < -0.4 is 10.2 Å². The Balaban J connectivity index is 1.47. The molecule has 4 rings (SSSR count). The number of amides is 1. The summed E-state index contributed by atoms with van der Waals surface area (Å²) < 4.78 is 13.1. The number of pyridine rings is 1. The van der Waals surface area contributed by atoms with E-state index in [1.54, 1.807) is 18.6 Å². The van der Waals surface area contributed by atoms with Gasteiger partial charge in [0, 0.05) is 36.5 Å². The van der Waals surface area contributed by atoms with Crippen molar-refractivity contribution in [3.8, 4) is 0 Å². The molecule has 2 aromatic heterocycles. The summed E-state index contributed by atoms with van der Waals surface area (Å²) in [6, 6.07) is 9.13. The van der Waals surface area contributed by atoms with E-state index in [4.69, 9.17) is 0 Å². The number of carbonyl (C=O) groups is 1. The number of H-pyrrole nitrogens is 1. The fourth-order valence-corrected chi connectivity index (χ4v) is 3.69. The summed E-state index contributed by atoms with van der Waals surface area (Å²) in [6.45, 7) is 3.73. The third kappa shape index (κ3) is 3.74. The molecule has 3 aromatic rings. The fourth-order valence-electron chi connectivity index (χ4n) is 3.69. The molecule has 1 aliphatic rings. The van der Waals surface area contributed by atoms with Crippen molar-refractivity contribution < 1.29 is 9.18 Å². The second kappa shape index (κ2) is 7.80. The minimum Gasteiger partial charge on any atom is -0.355 e. The maximum Gasteiger partial charge on any atom is 0.255 e. The molecule has 2 N–H and O–H groups in total. The predicted octanol–water partition coefficient (Wildman–Crippen LogP) is 3.89. The molecule has 0 atom stereocenters. The first-order valence-corrected chi connectivity index (χ1v) is 9.38. The van der Waals surface area contributed by atoms with Crippen LogP contribution in [-0.4, -0.2) is 33.9 Å². The van der Waals surface area contributed by atoms with Gasteiger partial charge in [0.2, 0.25) is 0 Å². The molecule has 0 radical (unpaired) electrons. The SMILES string of the molecule is Cc1[nH]cnc1C1CCN(c2ncccc2NC(=O)c2ccc(F)cc2)CC1. The highest BCUT2D eigenvalue weighted by Crippen LogP contribution is 2.32. The summed E-state index contributed by atoms with van der Waals surface area (Å²) >= 11 is 0. The molecule has 0 unspecified atom stereocenters. The molecule has 6 nitrogen and oxygen atoms in total. The average Bonchev–Trinajstić information content (AvgIpc) is 3.15. The molecule has 1 amide bonds. The second-order valence-electron chi connectivity index (χ2n) is 7.01. The molecule has 3 heterocycles. The lowest BCUT2D eigenvalue weighted by Crippen LogP contribution is -2.34. The Labute approximate surface area is 162 Å². The first-order valence-electron chi connectivity index (χ1n) is 9.38. The lowest BCUT2D eigenvalue weighted by Gasteiger charge is -2.33. The summed E-state index contributed by atoms with van der Waals surface area (Å²) in [6.07, 6.45) is 5.44. The molecular formula is C21H22FN5O. The van der Waals surface area contributed by atoms with Crippen LogP contribution in [0.3, 0.4) is 0 Å². The van der Waals surface area contributed by atoms with Gasteiger partial charge in [0.25, 0.3) is 5.91 Å². The number of aromatic amines is 1. The van der Waals surface area contributed by atoms with E-state index < -0.39 is 0 Å². The van der Waals surface area contributed by atoms with Gasteiger partial charge in [-0.25, -0.2) is 14.4 Å². The molecule has 0 bridgehead atoms. The number of halogens is 1. The van der Waals surface area contributed by atoms with Crippen molar-refractivity contribution in [3.05, 3.63) is 71.7 Å². The number of imidazole rings is 1. The number of rotatable bonds is 4. The van der Waals surface area contributed by atoms with Gasteiger partial charge in [-0.3, -0.25) is 4.79 Å². The normalized spacial score (nSPS) is 14.9. The summed E-state index contributed by atoms with van der Waals surface area (Å²) in [5.41, 5.74) is 3.34. The molecule has 28 heavy (non-hydrogen) atoms. The largest absolute Gasteiger partial charge is 0.355 e. The lowest BCUT2D eigenvalue weighted by molar-refractivity contribution is 0.102. The van der Waals surface area contributed by atoms with Gasteiger partial charge in [0.05, 0.1) is 17.7 Å². The number of hydrogen-bond donors (Lipinski definition) is 2. The van der Waals surface area contributed by atoms with Crippen LogP contribution >= 0.6 is 0 Å². The molecule has 1 fully saturated rings. The monoisotopic (exact) mass is 379 g/mol. The van der Waals surface area contributed by atoms with Crippen LogP contribution in [0.1, 0.15) is 40.5 Å². The van der Waals surface area contributed by atoms with E-state index in [0.717, 1.165) is 43.1 Å². The lowest BCUT2D eigenvalue weighted by atomic mass is 9.92. The quantitative estimate of drug-likeness (QED) is 0.721. The number of benzene rings is 1. The standard InChI is InChI=1S/C21H22FN5O/c1-14-19(25-13-24-14)15-8-11-27(12-9-15)20-18(3-2-10-23-20)26-21(28)16-4-6-17(22)7-5-16/h2-7,10,13,15H,8-9,11-12H2,1H3,(H,24,25)(H,26,28). The maximum absolute atomic E-state index is 13.1. The Morgan fingerprint density at radius 1 is 1.18 bits per heavy atom. The number of aryl methyl sites for hydroxylation is 1. The Morgan fingerprint density at radius 3 is 2.61 bits per heavy atom. The Morgan fingerprint density at radius 2 is 1.93 bits per heavy atom. The van der Waals surface area contributed by atoms with E-state index in [-0.39, 0.29) is 11.7 Å². The van der Waals surface area contributed by atoms with Crippen molar-refractivity contribution >= 4 is 17.4 Å².